The highest BCUT2D eigenvalue weighted by molar-refractivity contribution is 7.80. The number of thiocarbonyl (C=S) groups is 1. The van der Waals surface area contributed by atoms with E-state index in [0.717, 1.165) is 11.3 Å². The van der Waals surface area contributed by atoms with Crippen molar-refractivity contribution < 1.29 is 9.90 Å². The fourth-order valence-electron chi connectivity index (χ4n) is 1.34. The van der Waals surface area contributed by atoms with Crippen LogP contribution in [0, 0.1) is 0 Å². The molecule has 0 aromatic heterocycles. The molecular formula is C9H8N2O2S. The lowest BCUT2D eigenvalue weighted by molar-refractivity contribution is 0.0697. The van der Waals surface area contributed by atoms with Crippen molar-refractivity contribution in [1.82, 2.24) is 5.32 Å². The first kappa shape index (κ1) is 8.96. The molecule has 72 valence electrons. The third-order valence-corrected chi connectivity index (χ3v) is 2.29. The fourth-order valence-corrected chi connectivity index (χ4v) is 1.52. The van der Waals surface area contributed by atoms with Gasteiger partial charge in [0.05, 0.1) is 5.56 Å². The first-order chi connectivity index (χ1) is 6.66. The predicted molar refractivity (Wildman–Crippen MR) is 56.5 cm³/mol. The molecule has 0 aliphatic carbocycles. The largest absolute Gasteiger partial charge is 0.478 e. The van der Waals surface area contributed by atoms with Crippen molar-refractivity contribution in [1.29, 1.82) is 0 Å². The van der Waals surface area contributed by atoms with Crippen LogP contribution in [0.15, 0.2) is 18.2 Å². The molecule has 0 saturated carbocycles. The molecule has 1 aliphatic heterocycles. The molecule has 3 N–H and O–H groups in total. The van der Waals surface area contributed by atoms with E-state index in [0.29, 0.717) is 17.2 Å². The molecule has 4 nitrogen and oxygen atoms in total. The van der Waals surface area contributed by atoms with Crippen molar-refractivity contribution in [2.45, 2.75) is 6.54 Å². The summed E-state index contributed by atoms with van der Waals surface area (Å²) in [5, 5.41) is 15.2. The third-order valence-electron chi connectivity index (χ3n) is 2.04. The summed E-state index contributed by atoms with van der Waals surface area (Å²) in [5.74, 6) is -0.916. The highest BCUT2D eigenvalue weighted by atomic mass is 32.1. The molecule has 1 aromatic carbocycles. The molecule has 5 heteroatoms. The van der Waals surface area contributed by atoms with E-state index in [1.807, 2.05) is 0 Å². The van der Waals surface area contributed by atoms with Gasteiger partial charge < -0.3 is 15.7 Å². The zero-order chi connectivity index (χ0) is 10.1. The molecule has 0 fully saturated rings. The summed E-state index contributed by atoms with van der Waals surface area (Å²) in [5.41, 5.74) is 2.08. The van der Waals surface area contributed by atoms with Gasteiger partial charge in [0.2, 0.25) is 0 Å². The van der Waals surface area contributed by atoms with Crippen molar-refractivity contribution in [2.75, 3.05) is 5.32 Å². The third kappa shape index (κ3) is 1.54. The first-order valence-electron chi connectivity index (χ1n) is 4.08. The second-order valence-corrected chi connectivity index (χ2v) is 3.39. The minimum absolute atomic E-state index is 0.292. The number of rotatable bonds is 1. The lowest BCUT2D eigenvalue weighted by atomic mass is 10.1. The van der Waals surface area contributed by atoms with Gasteiger partial charge in [-0.25, -0.2) is 4.79 Å². The molecule has 1 heterocycles. The Morgan fingerprint density at radius 3 is 3.00 bits per heavy atom. The van der Waals surface area contributed by atoms with Crippen molar-refractivity contribution in [3.05, 3.63) is 29.3 Å². The number of nitrogens with one attached hydrogen (secondary N) is 2. The predicted octanol–water partition coefficient (Wildman–Crippen LogP) is 1.18. The van der Waals surface area contributed by atoms with E-state index in [9.17, 15) is 4.79 Å². The Labute approximate surface area is 85.9 Å². The Morgan fingerprint density at radius 2 is 2.29 bits per heavy atom. The zero-order valence-corrected chi connectivity index (χ0v) is 8.02. The number of hydrogen-bond acceptors (Lipinski definition) is 2. The Morgan fingerprint density at radius 1 is 1.50 bits per heavy atom. The van der Waals surface area contributed by atoms with Crippen LogP contribution in [0.25, 0.3) is 0 Å². The SMILES string of the molecule is O=C(O)c1ccc2c(c1)CNC(=S)N2. The van der Waals surface area contributed by atoms with Gasteiger partial charge in [0.25, 0.3) is 0 Å². The van der Waals surface area contributed by atoms with Gasteiger partial charge in [-0.15, -0.1) is 0 Å². The van der Waals surface area contributed by atoms with Crippen LogP contribution in [0.3, 0.4) is 0 Å². The van der Waals surface area contributed by atoms with Crippen LogP contribution in [0.2, 0.25) is 0 Å². The van der Waals surface area contributed by atoms with Crippen molar-refractivity contribution in [3.63, 3.8) is 0 Å². The standard InChI is InChI=1S/C9H8N2O2S/c12-8(13)5-1-2-7-6(3-5)4-10-9(14)11-7/h1-3H,4H2,(H,12,13)(H2,10,11,14). The molecule has 0 amide bonds. The maximum absolute atomic E-state index is 10.7. The molecule has 0 saturated heterocycles. The zero-order valence-electron chi connectivity index (χ0n) is 7.20. The van der Waals surface area contributed by atoms with Crippen LogP contribution < -0.4 is 10.6 Å². The van der Waals surface area contributed by atoms with E-state index >= 15 is 0 Å². The molecule has 0 bridgehead atoms. The second-order valence-electron chi connectivity index (χ2n) is 2.98. The summed E-state index contributed by atoms with van der Waals surface area (Å²) in [4.78, 5) is 10.7. The van der Waals surface area contributed by atoms with Crippen LogP contribution in [0.4, 0.5) is 5.69 Å². The van der Waals surface area contributed by atoms with E-state index in [2.05, 4.69) is 10.6 Å². The number of benzene rings is 1. The molecule has 0 unspecified atom stereocenters. The number of anilines is 1. The summed E-state index contributed by atoms with van der Waals surface area (Å²) in [6, 6.07) is 4.92. The first-order valence-corrected chi connectivity index (χ1v) is 4.49. The number of hydrogen-bond donors (Lipinski definition) is 3. The minimum atomic E-state index is -0.916. The van der Waals surface area contributed by atoms with Crippen LogP contribution >= 0.6 is 12.2 Å². The fraction of sp³-hybridized carbons (Fsp3) is 0.111. The number of carboxylic acids is 1. The Bertz CT molecular complexity index is 417. The molecule has 0 radical (unpaired) electrons. The van der Waals surface area contributed by atoms with Gasteiger partial charge in [0, 0.05) is 12.2 Å². The van der Waals surface area contributed by atoms with Crippen LogP contribution in [-0.4, -0.2) is 16.2 Å². The average Bonchev–Trinajstić information content (AvgIpc) is 2.16. The van der Waals surface area contributed by atoms with Gasteiger partial charge in [0.15, 0.2) is 5.11 Å². The van der Waals surface area contributed by atoms with E-state index in [1.54, 1.807) is 18.2 Å². The topological polar surface area (TPSA) is 61.4 Å². The monoisotopic (exact) mass is 208 g/mol. The quantitative estimate of drug-likeness (QED) is 0.605. The van der Waals surface area contributed by atoms with E-state index in [1.165, 1.54) is 0 Å². The Hall–Kier alpha value is -1.62. The smallest absolute Gasteiger partial charge is 0.335 e. The number of carboxylic acid groups (broad SMARTS) is 1. The molecule has 0 spiro atoms. The maximum atomic E-state index is 10.7. The van der Waals surface area contributed by atoms with Gasteiger partial charge in [0.1, 0.15) is 0 Å². The Balaban J connectivity index is 2.41. The summed E-state index contributed by atoms with van der Waals surface area (Å²) >= 11 is 4.93. The van der Waals surface area contributed by atoms with Crippen LogP contribution in [0.1, 0.15) is 15.9 Å². The van der Waals surface area contributed by atoms with E-state index < -0.39 is 5.97 Å². The van der Waals surface area contributed by atoms with Crippen LogP contribution in [-0.2, 0) is 6.54 Å². The van der Waals surface area contributed by atoms with Crippen molar-refractivity contribution in [2.24, 2.45) is 0 Å². The lowest BCUT2D eigenvalue weighted by Crippen LogP contribution is -2.33. The lowest BCUT2D eigenvalue weighted by Gasteiger charge is -2.20. The van der Waals surface area contributed by atoms with Gasteiger partial charge in [-0.3, -0.25) is 0 Å². The molecule has 1 aromatic rings. The van der Waals surface area contributed by atoms with Gasteiger partial charge >= 0.3 is 5.97 Å². The summed E-state index contributed by atoms with van der Waals surface area (Å²) in [7, 11) is 0. The Kier molecular flexibility index (Phi) is 2.09. The molecular weight excluding hydrogens is 200 g/mol. The maximum Gasteiger partial charge on any atom is 0.335 e. The molecule has 14 heavy (non-hydrogen) atoms. The van der Waals surface area contributed by atoms with Crippen molar-refractivity contribution in [3.8, 4) is 0 Å². The summed E-state index contributed by atoms with van der Waals surface area (Å²) in [6.45, 7) is 0.572. The highest BCUT2D eigenvalue weighted by Gasteiger charge is 2.13. The van der Waals surface area contributed by atoms with E-state index in [-0.39, 0.29) is 0 Å². The molecule has 2 rings (SSSR count). The average molecular weight is 208 g/mol. The molecule has 1 aliphatic rings. The van der Waals surface area contributed by atoms with Crippen molar-refractivity contribution >= 4 is 29.0 Å². The van der Waals surface area contributed by atoms with Gasteiger partial charge in [-0.2, -0.15) is 0 Å². The second kappa shape index (κ2) is 3.26. The highest BCUT2D eigenvalue weighted by Crippen LogP contribution is 2.20. The number of fused-ring (bicyclic) bond motifs is 1. The minimum Gasteiger partial charge on any atom is -0.478 e. The van der Waals surface area contributed by atoms with E-state index in [4.69, 9.17) is 17.3 Å². The normalized spacial score (nSPS) is 13.9. The number of aromatic carboxylic acids is 1. The van der Waals surface area contributed by atoms with Crippen LogP contribution in [0.5, 0.6) is 0 Å². The summed E-state index contributed by atoms with van der Waals surface area (Å²) in [6.07, 6.45) is 0. The summed E-state index contributed by atoms with van der Waals surface area (Å²) < 4.78 is 0. The number of carbonyl (C=O) groups is 1. The van der Waals surface area contributed by atoms with Gasteiger partial charge in [-0.1, -0.05) is 0 Å². The molecule has 0 atom stereocenters. The van der Waals surface area contributed by atoms with Gasteiger partial charge in [-0.05, 0) is 36.0 Å².